The van der Waals surface area contributed by atoms with Crippen LogP contribution < -0.4 is 0 Å². The summed E-state index contributed by atoms with van der Waals surface area (Å²) in [7, 11) is 0. The molecule has 0 saturated heterocycles. The third-order valence-corrected chi connectivity index (χ3v) is 3.32. The van der Waals surface area contributed by atoms with E-state index < -0.39 is 0 Å². The fourth-order valence-corrected chi connectivity index (χ4v) is 2.91. The van der Waals surface area contributed by atoms with E-state index in [1.165, 1.54) is 11.7 Å². The van der Waals surface area contributed by atoms with Crippen LogP contribution in [0.3, 0.4) is 0 Å². The Hall–Kier alpha value is 0.532. The number of hydrogen-bond donors (Lipinski definition) is 0. The minimum Gasteiger partial charge on any atom is -0.106 e. The predicted molar refractivity (Wildman–Crippen MR) is 41.7 cm³/mol. The summed E-state index contributed by atoms with van der Waals surface area (Å²) in [6, 6.07) is 0. The van der Waals surface area contributed by atoms with E-state index in [0.29, 0.717) is 0 Å². The van der Waals surface area contributed by atoms with Crippen molar-refractivity contribution in [3.05, 3.63) is 0 Å². The quantitative estimate of drug-likeness (QED) is 0.513. The highest BCUT2D eigenvalue weighted by Gasteiger charge is 2.05. The molecule has 0 heterocycles. The van der Waals surface area contributed by atoms with E-state index in [-0.39, 0.29) is 14.1 Å². The van der Waals surface area contributed by atoms with Crippen LogP contribution in [0.5, 0.6) is 0 Å². The molecule has 1 atom stereocenters. The smallest absolute Gasteiger partial charge is 0.106 e. The average molecular weight is 128 g/mol. The summed E-state index contributed by atoms with van der Waals surface area (Å²) in [6.07, 6.45) is 1.37. The van der Waals surface area contributed by atoms with Gasteiger partial charge in [-0.05, 0) is 0 Å². The molecule has 0 spiro atoms. The second-order valence-electron chi connectivity index (χ2n) is 3.14. The lowest BCUT2D eigenvalue weighted by Gasteiger charge is -2.06. The maximum absolute atomic E-state index is 2.42. The van der Waals surface area contributed by atoms with Gasteiger partial charge in [0.2, 0.25) is 0 Å². The summed E-state index contributed by atoms with van der Waals surface area (Å²) in [6.45, 7) is 4.63. The lowest BCUT2D eigenvalue weighted by molar-refractivity contribution is 0.620. The van der Waals surface area contributed by atoms with Gasteiger partial charge in [-0.3, -0.25) is 0 Å². The van der Waals surface area contributed by atoms with Crippen molar-refractivity contribution in [2.45, 2.75) is 37.1 Å². The van der Waals surface area contributed by atoms with E-state index >= 15 is 0 Å². The molecule has 0 bridgehead atoms. The van der Waals surface area contributed by atoms with Crippen LogP contribution in [0.25, 0.3) is 0 Å². The summed E-state index contributed by atoms with van der Waals surface area (Å²) >= 11 is -0.246. The molecule has 0 amide bonds. The van der Waals surface area contributed by atoms with Crippen molar-refractivity contribution >= 4 is 14.1 Å². The summed E-state index contributed by atoms with van der Waals surface area (Å²) < 4.78 is 0. The van der Waals surface area contributed by atoms with Crippen molar-refractivity contribution in [3.63, 3.8) is 0 Å². The Balaban J connectivity index is 3.10. The zero-order valence-electron chi connectivity index (χ0n) is 6.57. The van der Waals surface area contributed by atoms with E-state index in [4.69, 9.17) is 0 Å². The van der Waals surface area contributed by atoms with Crippen LogP contribution >= 0.6 is 0 Å². The molecular weight excluding hydrogens is 111 g/mol. The molecular formula is C7H17Al. The fourth-order valence-electron chi connectivity index (χ4n) is 0.971. The van der Waals surface area contributed by atoms with Gasteiger partial charge in [0, 0.05) is 0 Å². The molecule has 0 radical (unpaired) electrons. The maximum atomic E-state index is 2.42. The second kappa shape index (κ2) is 4.42. The molecule has 0 aromatic heterocycles. The van der Waals surface area contributed by atoms with Crippen LogP contribution in [0.2, 0.25) is 16.9 Å². The summed E-state index contributed by atoms with van der Waals surface area (Å²) in [5.41, 5.74) is 0. The Labute approximate surface area is 57.7 Å². The molecule has 0 nitrogen and oxygen atoms in total. The minimum atomic E-state index is -0.246. The topological polar surface area (TPSA) is 0 Å². The van der Waals surface area contributed by atoms with Gasteiger partial charge in [0.25, 0.3) is 14.1 Å². The van der Waals surface area contributed by atoms with Crippen molar-refractivity contribution in [3.8, 4) is 0 Å². The summed E-state index contributed by atoms with van der Waals surface area (Å²) in [5.74, 6) is 5.83. The summed E-state index contributed by atoms with van der Waals surface area (Å²) in [4.78, 5) is 0. The Kier molecular flexibility index (Phi) is 4.71. The van der Waals surface area contributed by atoms with Crippen LogP contribution in [-0.2, 0) is 0 Å². The van der Waals surface area contributed by atoms with Gasteiger partial charge in [-0.1, -0.05) is 31.5 Å². The highest BCUT2D eigenvalue weighted by atomic mass is 27.2. The van der Waals surface area contributed by atoms with Gasteiger partial charge in [-0.2, -0.15) is 0 Å². The molecule has 1 heteroatoms. The first-order valence-corrected chi connectivity index (χ1v) is 6.79. The van der Waals surface area contributed by atoms with E-state index in [0.717, 1.165) is 5.92 Å². The summed E-state index contributed by atoms with van der Waals surface area (Å²) in [5, 5.41) is 1.52. The van der Waals surface area contributed by atoms with Crippen LogP contribution in [0.4, 0.5) is 0 Å². The van der Waals surface area contributed by atoms with Gasteiger partial charge in [-0.15, -0.1) is 11.6 Å². The van der Waals surface area contributed by atoms with Gasteiger partial charge >= 0.3 is 0 Å². The van der Waals surface area contributed by atoms with Crippen molar-refractivity contribution in [2.75, 3.05) is 0 Å². The fraction of sp³-hybridized carbons (Fsp3) is 1.00. The second-order valence-corrected chi connectivity index (χ2v) is 6.40. The standard InChI is InChI=1S/C5H11.2CH3.Al/c1-4-5(2)3;;;/h5H,2,4H2,1,3H3;2*1H3;. The zero-order chi connectivity index (χ0) is 6.57. The predicted octanol–water partition coefficient (Wildman–Crippen LogP) is 2.79. The highest BCUT2D eigenvalue weighted by Crippen LogP contribution is 2.09. The van der Waals surface area contributed by atoms with Crippen LogP contribution in [0, 0.1) is 5.92 Å². The van der Waals surface area contributed by atoms with Crippen molar-refractivity contribution < 1.29 is 0 Å². The molecule has 0 fully saturated rings. The minimum absolute atomic E-state index is 0.246. The Bertz CT molecular complexity index is 50.3. The van der Waals surface area contributed by atoms with E-state index in [2.05, 4.69) is 25.4 Å². The third kappa shape index (κ3) is 4.69. The monoisotopic (exact) mass is 128 g/mol. The van der Waals surface area contributed by atoms with Crippen molar-refractivity contribution in [2.24, 2.45) is 5.92 Å². The molecule has 0 aliphatic carbocycles. The van der Waals surface area contributed by atoms with Gasteiger partial charge < -0.3 is 0 Å². The first-order valence-electron chi connectivity index (χ1n) is 3.66. The maximum Gasteiger partial charge on any atom is 0.255 e. The molecule has 1 unspecified atom stereocenters. The molecule has 0 saturated carbocycles. The largest absolute Gasteiger partial charge is 0.255 e. The van der Waals surface area contributed by atoms with Gasteiger partial charge in [0.15, 0.2) is 0 Å². The average Bonchev–Trinajstić information content (AvgIpc) is 1.65. The highest BCUT2D eigenvalue weighted by molar-refractivity contribution is 6.55. The van der Waals surface area contributed by atoms with E-state index in [1.54, 1.807) is 0 Å². The van der Waals surface area contributed by atoms with Gasteiger partial charge in [0.1, 0.15) is 0 Å². The van der Waals surface area contributed by atoms with Crippen LogP contribution in [0.1, 0.15) is 20.3 Å². The van der Waals surface area contributed by atoms with Crippen LogP contribution in [-0.4, -0.2) is 14.1 Å². The zero-order valence-corrected chi connectivity index (χ0v) is 7.72. The lowest BCUT2D eigenvalue weighted by Crippen LogP contribution is -2.05. The normalized spacial score (nSPS) is 13.5. The van der Waals surface area contributed by atoms with E-state index in [1.807, 2.05) is 0 Å². The van der Waals surface area contributed by atoms with Gasteiger partial charge in [0.05, 0.1) is 0 Å². The first-order chi connectivity index (χ1) is 3.66. The number of hydrogen-bond acceptors (Lipinski definition) is 0. The van der Waals surface area contributed by atoms with Gasteiger partial charge in [-0.25, -0.2) is 0 Å². The molecule has 0 aromatic rings. The SMILES string of the molecule is CCC(C)[CH2][Al]([CH3])[CH3]. The first kappa shape index (κ1) is 8.53. The Morgan fingerprint density at radius 1 is 1.38 bits per heavy atom. The lowest BCUT2D eigenvalue weighted by atomic mass is 10.2. The molecule has 0 rings (SSSR count). The Morgan fingerprint density at radius 3 is 2.00 bits per heavy atom. The Morgan fingerprint density at radius 2 is 1.88 bits per heavy atom. The molecule has 0 N–H and O–H groups in total. The molecule has 0 aromatic carbocycles. The molecule has 0 aliphatic heterocycles. The van der Waals surface area contributed by atoms with Crippen LogP contribution in [0.15, 0.2) is 0 Å². The van der Waals surface area contributed by atoms with Crippen molar-refractivity contribution in [1.29, 1.82) is 0 Å². The van der Waals surface area contributed by atoms with E-state index in [9.17, 15) is 0 Å². The molecule has 0 aliphatic rings. The third-order valence-electron chi connectivity index (χ3n) is 1.57. The molecule has 8 heavy (non-hydrogen) atoms. The number of rotatable bonds is 3. The molecule has 48 valence electrons. The van der Waals surface area contributed by atoms with Crippen molar-refractivity contribution in [1.82, 2.24) is 0 Å².